The molecule has 4 heteroatoms. The summed E-state index contributed by atoms with van der Waals surface area (Å²) in [4.78, 5) is 16.6. The van der Waals surface area contributed by atoms with Crippen LogP contribution in [0.25, 0.3) is 27.9 Å². The molecule has 0 radical (unpaired) electrons. The van der Waals surface area contributed by atoms with Crippen LogP contribution in [-0.4, -0.2) is 9.38 Å². The Kier molecular flexibility index (Phi) is 2.23. The van der Waals surface area contributed by atoms with E-state index >= 15 is 0 Å². The SMILES string of the molecule is O=c1oc2ccccc2c2nc(-c3ccccc3)cn12. The molecule has 0 unspecified atom stereocenters. The summed E-state index contributed by atoms with van der Waals surface area (Å²) >= 11 is 0. The van der Waals surface area contributed by atoms with E-state index in [2.05, 4.69) is 4.98 Å². The van der Waals surface area contributed by atoms with Crippen LogP contribution in [0.1, 0.15) is 0 Å². The summed E-state index contributed by atoms with van der Waals surface area (Å²) in [5.41, 5.74) is 2.90. The van der Waals surface area contributed by atoms with Gasteiger partial charge >= 0.3 is 5.76 Å². The summed E-state index contributed by atoms with van der Waals surface area (Å²) < 4.78 is 6.74. The average Bonchev–Trinajstić information content (AvgIpc) is 2.94. The molecule has 0 saturated carbocycles. The van der Waals surface area contributed by atoms with Gasteiger partial charge in [-0.25, -0.2) is 14.2 Å². The Morgan fingerprint density at radius 3 is 2.55 bits per heavy atom. The summed E-state index contributed by atoms with van der Waals surface area (Å²) in [6, 6.07) is 17.2. The first-order chi connectivity index (χ1) is 9.83. The highest BCUT2D eigenvalue weighted by Crippen LogP contribution is 2.22. The van der Waals surface area contributed by atoms with E-state index < -0.39 is 5.76 Å². The van der Waals surface area contributed by atoms with Gasteiger partial charge in [0, 0.05) is 11.8 Å². The second-order valence-corrected chi connectivity index (χ2v) is 4.55. The van der Waals surface area contributed by atoms with Crippen LogP contribution in [0.3, 0.4) is 0 Å². The third-order valence-electron chi connectivity index (χ3n) is 3.30. The minimum atomic E-state index is -0.423. The van der Waals surface area contributed by atoms with Crippen LogP contribution in [0.5, 0.6) is 0 Å². The molecule has 2 aromatic carbocycles. The number of para-hydroxylation sites is 1. The van der Waals surface area contributed by atoms with E-state index in [-0.39, 0.29) is 0 Å². The van der Waals surface area contributed by atoms with Crippen LogP contribution in [0.2, 0.25) is 0 Å². The van der Waals surface area contributed by atoms with Crippen molar-refractivity contribution in [2.45, 2.75) is 0 Å². The highest BCUT2D eigenvalue weighted by atomic mass is 16.4. The van der Waals surface area contributed by atoms with Gasteiger partial charge < -0.3 is 4.42 Å². The first kappa shape index (κ1) is 11.0. The minimum absolute atomic E-state index is 0.423. The molecular formula is C16H10N2O2. The van der Waals surface area contributed by atoms with Crippen LogP contribution in [-0.2, 0) is 0 Å². The van der Waals surface area contributed by atoms with Gasteiger partial charge in [-0.15, -0.1) is 0 Å². The van der Waals surface area contributed by atoms with E-state index in [1.165, 1.54) is 4.40 Å². The van der Waals surface area contributed by atoms with Crippen molar-refractivity contribution in [2.75, 3.05) is 0 Å². The molecule has 96 valence electrons. The molecule has 0 amide bonds. The highest BCUT2D eigenvalue weighted by molar-refractivity contribution is 5.90. The van der Waals surface area contributed by atoms with Crippen molar-refractivity contribution in [1.29, 1.82) is 0 Å². The minimum Gasteiger partial charge on any atom is -0.409 e. The molecule has 0 aliphatic heterocycles. The maximum atomic E-state index is 12.0. The van der Waals surface area contributed by atoms with E-state index in [9.17, 15) is 4.79 Å². The molecule has 0 atom stereocenters. The standard InChI is InChI=1S/C16H10N2O2/c19-16-18-10-13(11-6-2-1-3-7-11)17-15(18)12-8-4-5-9-14(12)20-16/h1-10H. The van der Waals surface area contributed by atoms with Gasteiger partial charge in [0.2, 0.25) is 0 Å². The van der Waals surface area contributed by atoms with E-state index in [1.807, 2.05) is 48.5 Å². The summed E-state index contributed by atoms with van der Waals surface area (Å²) in [7, 11) is 0. The van der Waals surface area contributed by atoms with Crippen LogP contribution < -0.4 is 5.76 Å². The highest BCUT2D eigenvalue weighted by Gasteiger charge is 2.11. The van der Waals surface area contributed by atoms with Gasteiger partial charge in [0.15, 0.2) is 5.65 Å². The summed E-state index contributed by atoms with van der Waals surface area (Å²) in [6.07, 6.45) is 1.71. The number of rotatable bonds is 1. The first-order valence-corrected chi connectivity index (χ1v) is 6.29. The molecule has 4 nitrogen and oxygen atoms in total. The Morgan fingerprint density at radius 1 is 0.950 bits per heavy atom. The van der Waals surface area contributed by atoms with E-state index in [4.69, 9.17) is 4.42 Å². The lowest BCUT2D eigenvalue weighted by Crippen LogP contribution is -2.09. The Balaban J connectivity index is 2.11. The average molecular weight is 262 g/mol. The van der Waals surface area contributed by atoms with Crippen molar-refractivity contribution in [3.63, 3.8) is 0 Å². The fourth-order valence-corrected chi connectivity index (χ4v) is 2.34. The van der Waals surface area contributed by atoms with Gasteiger partial charge in [-0.2, -0.15) is 0 Å². The molecule has 0 saturated heterocycles. The first-order valence-electron chi connectivity index (χ1n) is 6.29. The van der Waals surface area contributed by atoms with E-state index in [0.717, 1.165) is 16.6 Å². The van der Waals surface area contributed by atoms with Crippen molar-refractivity contribution < 1.29 is 4.42 Å². The van der Waals surface area contributed by atoms with Crippen LogP contribution in [0.4, 0.5) is 0 Å². The van der Waals surface area contributed by atoms with Gasteiger partial charge in [0.25, 0.3) is 0 Å². The summed E-state index contributed by atoms with van der Waals surface area (Å²) in [6.45, 7) is 0. The van der Waals surface area contributed by atoms with E-state index in [1.54, 1.807) is 12.3 Å². The van der Waals surface area contributed by atoms with Crippen LogP contribution in [0.15, 0.2) is 70.0 Å². The molecule has 0 spiro atoms. The molecule has 0 aliphatic carbocycles. The number of hydrogen-bond acceptors (Lipinski definition) is 3. The zero-order chi connectivity index (χ0) is 13.5. The van der Waals surface area contributed by atoms with Crippen LogP contribution >= 0.6 is 0 Å². The Hall–Kier alpha value is -2.88. The normalized spacial score (nSPS) is 11.2. The predicted molar refractivity (Wildman–Crippen MR) is 76.7 cm³/mol. The van der Waals surface area contributed by atoms with Gasteiger partial charge in [-0.05, 0) is 12.1 Å². The predicted octanol–water partition coefficient (Wildman–Crippen LogP) is 3.11. The van der Waals surface area contributed by atoms with Crippen LogP contribution in [0, 0.1) is 0 Å². The maximum absolute atomic E-state index is 12.0. The van der Waals surface area contributed by atoms with Crippen molar-refractivity contribution in [2.24, 2.45) is 0 Å². The lowest BCUT2D eigenvalue weighted by molar-refractivity contribution is 0.522. The number of imidazole rings is 1. The number of nitrogens with zero attached hydrogens (tertiary/aromatic N) is 2. The van der Waals surface area contributed by atoms with Crippen molar-refractivity contribution >= 4 is 16.6 Å². The molecule has 2 heterocycles. The van der Waals surface area contributed by atoms with Gasteiger partial charge in [0.1, 0.15) is 5.58 Å². The Bertz CT molecular complexity index is 968. The van der Waals surface area contributed by atoms with Gasteiger partial charge in [-0.1, -0.05) is 42.5 Å². The van der Waals surface area contributed by atoms with E-state index in [0.29, 0.717) is 11.2 Å². The molecule has 4 aromatic rings. The van der Waals surface area contributed by atoms with Crippen molar-refractivity contribution in [3.05, 3.63) is 71.3 Å². The monoisotopic (exact) mass is 262 g/mol. The Morgan fingerprint density at radius 2 is 1.70 bits per heavy atom. The smallest absolute Gasteiger partial charge is 0.409 e. The largest absolute Gasteiger partial charge is 0.425 e. The number of benzene rings is 2. The molecule has 0 aliphatic rings. The van der Waals surface area contributed by atoms with Gasteiger partial charge in [0.05, 0.1) is 11.1 Å². The second-order valence-electron chi connectivity index (χ2n) is 4.55. The Labute approximate surface area is 113 Å². The molecule has 0 N–H and O–H groups in total. The number of fused-ring (bicyclic) bond motifs is 3. The lowest BCUT2D eigenvalue weighted by atomic mass is 10.2. The van der Waals surface area contributed by atoms with Gasteiger partial charge in [-0.3, -0.25) is 0 Å². The zero-order valence-corrected chi connectivity index (χ0v) is 10.5. The maximum Gasteiger partial charge on any atom is 0.425 e. The van der Waals surface area contributed by atoms with Crippen molar-refractivity contribution in [1.82, 2.24) is 9.38 Å². The molecule has 2 aromatic heterocycles. The second kappa shape index (κ2) is 4.06. The third-order valence-corrected chi connectivity index (χ3v) is 3.30. The zero-order valence-electron chi connectivity index (χ0n) is 10.5. The van der Waals surface area contributed by atoms with Crippen molar-refractivity contribution in [3.8, 4) is 11.3 Å². The summed E-state index contributed by atoms with van der Waals surface area (Å²) in [5, 5.41) is 0.828. The third kappa shape index (κ3) is 1.55. The fraction of sp³-hybridized carbons (Fsp3) is 0. The topological polar surface area (TPSA) is 47.5 Å². The quantitative estimate of drug-likeness (QED) is 0.529. The lowest BCUT2D eigenvalue weighted by Gasteiger charge is -1.97. The molecule has 20 heavy (non-hydrogen) atoms. The fourth-order valence-electron chi connectivity index (χ4n) is 2.34. The molecular weight excluding hydrogens is 252 g/mol. The number of hydrogen-bond donors (Lipinski definition) is 0. The summed E-state index contributed by atoms with van der Waals surface area (Å²) in [5.74, 6) is -0.423. The molecule has 0 bridgehead atoms. The number of aromatic nitrogens is 2. The molecule has 4 rings (SSSR count). The molecule has 0 fully saturated rings.